The zero-order valence-electron chi connectivity index (χ0n) is 16.2. The molecule has 0 bridgehead atoms. The molecule has 0 unspecified atom stereocenters. The fraction of sp³-hybridized carbons (Fsp3) is 0.526. The van der Waals surface area contributed by atoms with Crippen LogP contribution in [0, 0.1) is 5.92 Å². The van der Waals surface area contributed by atoms with Gasteiger partial charge in [-0.2, -0.15) is 4.83 Å². The number of nitrogens with one attached hydrogen (secondary N) is 4. The first-order valence-electron chi connectivity index (χ1n) is 9.60. The van der Waals surface area contributed by atoms with Crippen LogP contribution < -0.4 is 20.3 Å². The van der Waals surface area contributed by atoms with E-state index in [1.165, 1.54) is 11.9 Å². The third kappa shape index (κ3) is 5.50. The van der Waals surface area contributed by atoms with Crippen LogP contribution in [0.5, 0.6) is 0 Å². The molecule has 28 heavy (non-hydrogen) atoms. The summed E-state index contributed by atoms with van der Waals surface area (Å²) >= 11 is 1.50. The molecule has 1 aromatic rings. The van der Waals surface area contributed by atoms with Crippen molar-refractivity contribution in [2.24, 2.45) is 5.92 Å². The zero-order valence-corrected chi connectivity index (χ0v) is 17.8. The first kappa shape index (κ1) is 21.2. The molecule has 1 aliphatic carbocycles. The molecule has 1 aliphatic heterocycles. The summed E-state index contributed by atoms with van der Waals surface area (Å²) in [5.74, 6) is 0.00466. The third-order valence-electron chi connectivity index (χ3n) is 5.20. The Balaban J connectivity index is 1.43. The van der Waals surface area contributed by atoms with Gasteiger partial charge in [0, 0.05) is 23.9 Å². The molecule has 1 aromatic carbocycles. The Kier molecular flexibility index (Phi) is 7.03. The summed E-state index contributed by atoms with van der Waals surface area (Å²) in [5.41, 5.74) is 6.25. The van der Waals surface area contributed by atoms with E-state index in [1.54, 1.807) is 13.8 Å². The SMILES string of the molecule is CC(C)S(=O)(=O)NC1CCC(C(=O)NCc2ccc(C3=CSNN3)cc2)CC1. The maximum Gasteiger partial charge on any atom is 0.223 e. The van der Waals surface area contributed by atoms with E-state index in [4.69, 9.17) is 0 Å². The van der Waals surface area contributed by atoms with Crippen LogP contribution in [-0.2, 0) is 21.4 Å². The predicted octanol–water partition coefficient (Wildman–Crippen LogP) is 2.24. The first-order valence-corrected chi connectivity index (χ1v) is 12.0. The van der Waals surface area contributed by atoms with E-state index in [2.05, 4.69) is 20.3 Å². The Labute approximate surface area is 171 Å². The van der Waals surface area contributed by atoms with E-state index in [0.29, 0.717) is 32.2 Å². The minimum atomic E-state index is -3.26. The van der Waals surface area contributed by atoms with Crippen LogP contribution in [0.3, 0.4) is 0 Å². The molecule has 0 aromatic heterocycles. The quantitative estimate of drug-likeness (QED) is 0.501. The lowest BCUT2D eigenvalue weighted by molar-refractivity contribution is -0.126. The normalized spacial score (nSPS) is 22.6. The molecule has 1 heterocycles. The molecule has 0 radical (unpaired) electrons. The van der Waals surface area contributed by atoms with Crippen molar-refractivity contribution in [1.29, 1.82) is 0 Å². The Hall–Kier alpha value is -1.55. The van der Waals surface area contributed by atoms with Crippen molar-refractivity contribution in [2.45, 2.75) is 57.4 Å². The van der Waals surface area contributed by atoms with Crippen molar-refractivity contribution in [3.8, 4) is 0 Å². The molecular formula is C19H28N4O3S2. The van der Waals surface area contributed by atoms with Crippen LogP contribution >= 0.6 is 11.9 Å². The lowest BCUT2D eigenvalue weighted by Crippen LogP contribution is -2.43. The second-order valence-electron chi connectivity index (χ2n) is 7.55. The number of carbonyl (C=O) groups is 1. The molecule has 1 fully saturated rings. The van der Waals surface area contributed by atoms with Crippen molar-refractivity contribution in [3.63, 3.8) is 0 Å². The van der Waals surface area contributed by atoms with Gasteiger partial charge >= 0.3 is 0 Å². The van der Waals surface area contributed by atoms with Gasteiger partial charge in [-0.25, -0.2) is 13.1 Å². The number of amides is 1. The summed E-state index contributed by atoms with van der Waals surface area (Å²) in [7, 11) is -3.26. The van der Waals surface area contributed by atoms with Gasteiger partial charge in [0.1, 0.15) is 0 Å². The zero-order chi connectivity index (χ0) is 20.1. The molecule has 3 rings (SSSR count). The van der Waals surface area contributed by atoms with Crippen molar-refractivity contribution in [3.05, 3.63) is 40.8 Å². The van der Waals surface area contributed by atoms with Crippen LogP contribution in [-0.4, -0.2) is 25.6 Å². The molecule has 9 heteroatoms. The van der Waals surface area contributed by atoms with Crippen molar-refractivity contribution < 1.29 is 13.2 Å². The number of hydrogen-bond acceptors (Lipinski definition) is 6. The molecule has 1 saturated carbocycles. The van der Waals surface area contributed by atoms with Gasteiger partial charge in [-0.3, -0.25) is 4.79 Å². The van der Waals surface area contributed by atoms with Gasteiger partial charge in [0.05, 0.1) is 10.9 Å². The van der Waals surface area contributed by atoms with E-state index in [9.17, 15) is 13.2 Å². The van der Waals surface area contributed by atoms with Crippen LogP contribution in [0.25, 0.3) is 5.70 Å². The fourth-order valence-electron chi connectivity index (χ4n) is 3.32. The summed E-state index contributed by atoms with van der Waals surface area (Å²) in [4.78, 5) is 15.4. The van der Waals surface area contributed by atoms with Gasteiger partial charge in [0.25, 0.3) is 0 Å². The number of hydrogen-bond donors (Lipinski definition) is 4. The van der Waals surface area contributed by atoms with Crippen LogP contribution in [0.1, 0.15) is 50.7 Å². The second-order valence-corrected chi connectivity index (χ2v) is 10.5. The van der Waals surface area contributed by atoms with E-state index < -0.39 is 15.3 Å². The monoisotopic (exact) mass is 424 g/mol. The highest BCUT2D eigenvalue weighted by atomic mass is 32.2. The van der Waals surface area contributed by atoms with E-state index >= 15 is 0 Å². The highest BCUT2D eigenvalue weighted by Crippen LogP contribution is 2.25. The van der Waals surface area contributed by atoms with Gasteiger partial charge < -0.3 is 10.7 Å². The van der Waals surface area contributed by atoms with Crippen molar-refractivity contribution in [1.82, 2.24) is 20.3 Å². The van der Waals surface area contributed by atoms with Gasteiger partial charge in [-0.1, -0.05) is 24.3 Å². The summed E-state index contributed by atoms with van der Waals surface area (Å²) in [6, 6.07) is 8.02. The van der Waals surface area contributed by atoms with E-state index in [0.717, 1.165) is 16.8 Å². The maximum absolute atomic E-state index is 12.5. The standard InChI is InChI=1S/C19H28N4O3S2/c1-13(2)28(25,26)22-17-9-7-16(8-10-17)19(24)20-11-14-3-5-15(6-4-14)18-12-27-23-21-18/h3-6,12-13,16-17,21-23H,7-11H2,1-2H3,(H,20,24). The Bertz CT molecular complexity index is 814. The van der Waals surface area contributed by atoms with Gasteiger partial charge in [-0.15, -0.1) is 0 Å². The van der Waals surface area contributed by atoms with Gasteiger partial charge in [-0.05, 0) is 62.6 Å². The lowest BCUT2D eigenvalue weighted by atomic mass is 9.86. The number of benzene rings is 1. The second kappa shape index (κ2) is 9.30. The van der Waals surface area contributed by atoms with Crippen LogP contribution in [0.2, 0.25) is 0 Å². The van der Waals surface area contributed by atoms with Gasteiger partial charge in [0.15, 0.2) is 0 Å². The highest BCUT2D eigenvalue weighted by Gasteiger charge is 2.29. The van der Waals surface area contributed by atoms with E-state index in [-0.39, 0.29) is 17.9 Å². The highest BCUT2D eigenvalue weighted by molar-refractivity contribution is 8.00. The minimum Gasteiger partial charge on any atom is -0.352 e. The summed E-state index contributed by atoms with van der Waals surface area (Å²) in [6.07, 6.45) is 2.82. The topological polar surface area (TPSA) is 99.3 Å². The van der Waals surface area contributed by atoms with Crippen LogP contribution in [0.15, 0.2) is 29.7 Å². The number of rotatable bonds is 7. The molecule has 0 saturated heterocycles. The molecule has 0 atom stereocenters. The largest absolute Gasteiger partial charge is 0.352 e. The Morgan fingerprint density at radius 2 is 1.86 bits per heavy atom. The van der Waals surface area contributed by atoms with Crippen LogP contribution in [0.4, 0.5) is 0 Å². The summed E-state index contributed by atoms with van der Waals surface area (Å²) in [6.45, 7) is 3.84. The molecule has 4 N–H and O–H groups in total. The molecule has 2 aliphatic rings. The number of sulfonamides is 1. The maximum atomic E-state index is 12.5. The molecule has 1 amide bonds. The molecule has 0 spiro atoms. The number of carbonyl (C=O) groups excluding carboxylic acids is 1. The van der Waals surface area contributed by atoms with Gasteiger partial charge in [0.2, 0.25) is 15.9 Å². The first-order chi connectivity index (χ1) is 13.3. The average molecular weight is 425 g/mol. The summed E-state index contributed by atoms with van der Waals surface area (Å²) < 4.78 is 26.7. The van der Waals surface area contributed by atoms with Crippen molar-refractivity contribution in [2.75, 3.05) is 0 Å². The molecule has 154 valence electrons. The average Bonchev–Trinajstić information content (AvgIpc) is 3.21. The summed E-state index contributed by atoms with van der Waals surface area (Å²) in [5, 5.41) is 4.59. The lowest BCUT2D eigenvalue weighted by Gasteiger charge is -2.28. The fourth-order valence-corrected chi connectivity index (χ4v) is 4.83. The third-order valence-corrected chi connectivity index (χ3v) is 7.68. The molecular weight excluding hydrogens is 396 g/mol. The predicted molar refractivity (Wildman–Crippen MR) is 113 cm³/mol. The Morgan fingerprint density at radius 3 is 2.43 bits per heavy atom. The smallest absolute Gasteiger partial charge is 0.223 e. The Morgan fingerprint density at radius 1 is 1.18 bits per heavy atom. The van der Waals surface area contributed by atoms with E-state index in [1.807, 2.05) is 29.7 Å². The number of hydrazine groups is 1. The van der Waals surface area contributed by atoms with Crippen molar-refractivity contribution >= 4 is 33.6 Å². The molecule has 7 nitrogen and oxygen atoms in total. The minimum absolute atomic E-state index is 0.0463.